The lowest BCUT2D eigenvalue weighted by molar-refractivity contribution is -0.152. The lowest BCUT2D eigenvalue weighted by atomic mass is 9.73. The van der Waals surface area contributed by atoms with E-state index in [0.717, 1.165) is 36.9 Å². The van der Waals surface area contributed by atoms with Crippen molar-refractivity contribution in [2.24, 2.45) is 0 Å². The third-order valence-corrected chi connectivity index (χ3v) is 4.31. The summed E-state index contributed by atoms with van der Waals surface area (Å²) in [7, 11) is 0. The van der Waals surface area contributed by atoms with Crippen molar-refractivity contribution in [3.8, 4) is 0 Å². The first-order chi connectivity index (χ1) is 10.2. The van der Waals surface area contributed by atoms with Crippen molar-refractivity contribution < 1.29 is 9.53 Å². The first-order valence-corrected chi connectivity index (χ1v) is 7.67. The number of nitrogens with one attached hydrogen (secondary N) is 1. The van der Waals surface area contributed by atoms with Crippen LogP contribution in [0.25, 0.3) is 11.2 Å². The molecule has 3 rings (SSSR count). The number of imidazole rings is 1. The Hall–Kier alpha value is -1.91. The highest BCUT2D eigenvalue weighted by atomic mass is 16.5. The molecule has 0 unspecified atom stereocenters. The molecule has 0 saturated heterocycles. The molecule has 21 heavy (non-hydrogen) atoms. The fourth-order valence-electron chi connectivity index (χ4n) is 3.18. The number of esters is 1. The van der Waals surface area contributed by atoms with E-state index in [1.807, 2.05) is 26.0 Å². The Morgan fingerprint density at radius 3 is 2.76 bits per heavy atom. The molecule has 0 amide bonds. The molecule has 0 radical (unpaired) electrons. The van der Waals surface area contributed by atoms with Crippen LogP contribution in [0.2, 0.25) is 0 Å². The summed E-state index contributed by atoms with van der Waals surface area (Å²) in [4.78, 5) is 24.9. The van der Waals surface area contributed by atoms with Gasteiger partial charge in [0.15, 0.2) is 5.65 Å². The zero-order chi connectivity index (χ0) is 14.9. The molecule has 0 spiro atoms. The van der Waals surface area contributed by atoms with Crippen molar-refractivity contribution in [3.63, 3.8) is 0 Å². The minimum Gasteiger partial charge on any atom is -0.465 e. The highest BCUT2D eigenvalue weighted by Crippen LogP contribution is 2.39. The van der Waals surface area contributed by atoms with Crippen LogP contribution >= 0.6 is 0 Å². The smallest absolute Gasteiger partial charge is 0.319 e. The molecule has 112 valence electrons. The SMILES string of the molecule is CCOC(=O)C1(c2nc3nc(C)ccc3[nH]2)CCCCC1. The van der Waals surface area contributed by atoms with Crippen LogP contribution in [0, 0.1) is 6.92 Å². The van der Waals surface area contributed by atoms with E-state index in [9.17, 15) is 4.79 Å². The van der Waals surface area contributed by atoms with Crippen LogP contribution in [0.3, 0.4) is 0 Å². The van der Waals surface area contributed by atoms with E-state index >= 15 is 0 Å². The minimum atomic E-state index is -0.622. The number of aromatic amines is 1. The zero-order valence-electron chi connectivity index (χ0n) is 12.6. The highest BCUT2D eigenvalue weighted by molar-refractivity contribution is 5.84. The molecule has 0 aliphatic heterocycles. The van der Waals surface area contributed by atoms with Crippen LogP contribution in [0.5, 0.6) is 0 Å². The quantitative estimate of drug-likeness (QED) is 0.881. The van der Waals surface area contributed by atoms with E-state index in [4.69, 9.17) is 4.74 Å². The predicted molar refractivity (Wildman–Crippen MR) is 80.0 cm³/mol. The number of hydrogen-bond acceptors (Lipinski definition) is 4. The van der Waals surface area contributed by atoms with Crippen LogP contribution in [0.4, 0.5) is 0 Å². The molecule has 0 bridgehead atoms. The number of hydrogen-bond donors (Lipinski definition) is 1. The van der Waals surface area contributed by atoms with Crippen molar-refractivity contribution in [2.45, 2.75) is 51.4 Å². The Balaban J connectivity index is 2.07. The lowest BCUT2D eigenvalue weighted by Gasteiger charge is -2.32. The third kappa shape index (κ3) is 2.41. The van der Waals surface area contributed by atoms with Gasteiger partial charge in [0.2, 0.25) is 0 Å². The number of pyridine rings is 1. The van der Waals surface area contributed by atoms with Gasteiger partial charge in [-0.25, -0.2) is 9.97 Å². The van der Waals surface area contributed by atoms with E-state index in [0.29, 0.717) is 18.1 Å². The maximum atomic E-state index is 12.6. The maximum absolute atomic E-state index is 12.6. The first kappa shape index (κ1) is 14.0. The van der Waals surface area contributed by atoms with Crippen molar-refractivity contribution in [3.05, 3.63) is 23.7 Å². The Bertz CT molecular complexity index is 657. The molecule has 1 aliphatic rings. The summed E-state index contributed by atoms with van der Waals surface area (Å²) in [5.41, 5.74) is 1.86. The molecule has 2 aromatic rings. The van der Waals surface area contributed by atoms with Crippen molar-refractivity contribution in [2.75, 3.05) is 6.61 Å². The largest absolute Gasteiger partial charge is 0.465 e. The summed E-state index contributed by atoms with van der Waals surface area (Å²) < 4.78 is 5.34. The Labute approximate surface area is 124 Å². The molecule has 5 nitrogen and oxygen atoms in total. The maximum Gasteiger partial charge on any atom is 0.319 e. The summed E-state index contributed by atoms with van der Waals surface area (Å²) in [5.74, 6) is 0.564. The van der Waals surface area contributed by atoms with Crippen molar-refractivity contribution >= 4 is 17.1 Å². The number of carbonyl (C=O) groups excluding carboxylic acids is 1. The molecule has 1 aliphatic carbocycles. The van der Waals surface area contributed by atoms with Crippen LogP contribution in [0.15, 0.2) is 12.1 Å². The van der Waals surface area contributed by atoms with Gasteiger partial charge in [-0.2, -0.15) is 0 Å². The van der Waals surface area contributed by atoms with E-state index in [-0.39, 0.29) is 5.97 Å². The number of H-pyrrole nitrogens is 1. The summed E-state index contributed by atoms with van der Waals surface area (Å²) in [6.07, 6.45) is 4.82. The molecule has 1 N–H and O–H groups in total. The third-order valence-electron chi connectivity index (χ3n) is 4.31. The average molecular weight is 287 g/mol. The lowest BCUT2D eigenvalue weighted by Crippen LogP contribution is -2.40. The number of nitrogens with zero attached hydrogens (tertiary/aromatic N) is 2. The summed E-state index contributed by atoms with van der Waals surface area (Å²) >= 11 is 0. The molecule has 1 saturated carbocycles. The van der Waals surface area contributed by atoms with E-state index in [2.05, 4.69) is 15.0 Å². The number of aryl methyl sites for hydroxylation is 1. The van der Waals surface area contributed by atoms with Crippen LogP contribution in [-0.4, -0.2) is 27.5 Å². The number of fused-ring (bicyclic) bond motifs is 1. The topological polar surface area (TPSA) is 67.9 Å². The second kappa shape index (κ2) is 5.47. The van der Waals surface area contributed by atoms with Gasteiger partial charge in [0.05, 0.1) is 12.1 Å². The molecule has 2 aromatic heterocycles. The molecule has 5 heteroatoms. The highest BCUT2D eigenvalue weighted by Gasteiger charge is 2.45. The zero-order valence-corrected chi connectivity index (χ0v) is 12.6. The molecular weight excluding hydrogens is 266 g/mol. The average Bonchev–Trinajstić information content (AvgIpc) is 2.91. The number of rotatable bonds is 3. The standard InChI is InChI=1S/C16H21N3O2/c1-3-21-15(20)16(9-5-4-6-10-16)14-18-12-8-7-11(2)17-13(12)19-14/h7-8H,3-6,9-10H2,1-2H3,(H,17,18,19). The normalized spacial score (nSPS) is 17.8. The van der Waals surface area contributed by atoms with Gasteiger partial charge in [0, 0.05) is 5.69 Å². The molecule has 2 heterocycles. The fourth-order valence-corrected chi connectivity index (χ4v) is 3.18. The van der Waals surface area contributed by atoms with Gasteiger partial charge in [-0.1, -0.05) is 19.3 Å². The molecule has 1 fully saturated rings. The second-order valence-corrected chi connectivity index (χ2v) is 5.77. The van der Waals surface area contributed by atoms with Crippen molar-refractivity contribution in [1.82, 2.24) is 15.0 Å². The van der Waals surface area contributed by atoms with E-state index in [1.54, 1.807) is 0 Å². The summed E-state index contributed by atoms with van der Waals surface area (Å²) in [5, 5.41) is 0. The number of ether oxygens (including phenoxy) is 1. The predicted octanol–water partition coefficient (Wildman–Crippen LogP) is 3.03. The Morgan fingerprint density at radius 1 is 1.29 bits per heavy atom. The molecule has 0 aromatic carbocycles. The van der Waals surface area contributed by atoms with Gasteiger partial charge in [-0.3, -0.25) is 4.79 Å². The fraction of sp³-hybridized carbons (Fsp3) is 0.562. The van der Waals surface area contributed by atoms with Crippen LogP contribution in [-0.2, 0) is 14.9 Å². The first-order valence-electron chi connectivity index (χ1n) is 7.67. The number of aromatic nitrogens is 3. The van der Waals surface area contributed by atoms with Crippen LogP contribution < -0.4 is 0 Å². The summed E-state index contributed by atoms with van der Waals surface area (Å²) in [6, 6.07) is 3.91. The van der Waals surface area contributed by atoms with Gasteiger partial charge in [-0.05, 0) is 38.8 Å². The van der Waals surface area contributed by atoms with E-state index < -0.39 is 5.41 Å². The van der Waals surface area contributed by atoms with Crippen LogP contribution in [0.1, 0.15) is 50.5 Å². The summed E-state index contributed by atoms with van der Waals surface area (Å²) in [6.45, 7) is 4.19. The second-order valence-electron chi connectivity index (χ2n) is 5.77. The van der Waals surface area contributed by atoms with Crippen molar-refractivity contribution in [1.29, 1.82) is 0 Å². The van der Waals surface area contributed by atoms with Gasteiger partial charge in [0.25, 0.3) is 0 Å². The van der Waals surface area contributed by atoms with Gasteiger partial charge in [-0.15, -0.1) is 0 Å². The Morgan fingerprint density at radius 2 is 2.05 bits per heavy atom. The monoisotopic (exact) mass is 287 g/mol. The molecule has 0 atom stereocenters. The van der Waals surface area contributed by atoms with Gasteiger partial charge < -0.3 is 9.72 Å². The van der Waals surface area contributed by atoms with Gasteiger partial charge >= 0.3 is 5.97 Å². The van der Waals surface area contributed by atoms with E-state index in [1.165, 1.54) is 6.42 Å². The molecular formula is C16H21N3O2. The Kier molecular flexibility index (Phi) is 3.66. The minimum absolute atomic E-state index is 0.152. The van der Waals surface area contributed by atoms with Gasteiger partial charge in [0.1, 0.15) is 11.2 Å². The number of carbonyl (C=O) groups is 1.